The van der Waals surface area contributed by atoms with Crippen molar-refractivity contribution in [3.63, 3.8) is 0 Å². The molecule has 0 aliphatic rings. The Morgan fingerprint density at radius 2 is 1.88 bits per heavy atom. The number of rotatable bonds is 6. The minimum atomic E-state index is -0.692. The van der Waals surface area contributed by atoms with E-state index < -0.39 is 17.8 Å². The van der Waals surface area contributed by atoms with Gasteiger partial charge in [0.15, 0.2) is 11.6 Å². The number of esters is 2. The van der Waals surface area contributed by atoms with Crippen molar-refractivity contribution in [2.75, 3.05) is 6.79 Å². The fourth-order valence-electron chi connectivity index (χ4n) is 1.75. The number of carbonyl (C=O) groups excluding carboxylic acids is 2. The summed E-state index contributed by atoms with van der Waals surface area (Å²) in [5, 5.41) is 0. The van der Waals surface area contributed by atoms with Gasteiger partial charge in [-0.3, -0.25) is 0 Å². The van der Waals surface area contributed by atoms with Crippen LogP contribution in [0.4, 0.5) is 4.39 Å². The predicted molar refractivity (Wildman–Crippen MR) is 84.3 cm³/mol. The van der Waals surface area contributed by atoms with Gasteiger partial charge < -0.3 is 14.2 Å². The number of ether oxygens (including phenoxy) is 3. The molecule has 0 radical (unpaired) electrons. The van der Waals surface area contributed by atoms with Crippen LogP contribution in [0.1, 0.15) is 15.9 Å². The molecule has 0 saturated carbocycles. The summed E-state index contributed by atoms with van der Waals surface area (Å²) < 4.78 is 28.5. The summed E-state index contributed by atoms with van der Waals surface area (Å²) in [7, 11) is 0. The van der Waals surface area contributed by atoms with Gasteiger partial charge in [0, 0.05) is 6.08 Å². The first kappa shape index (κ1) is 17.2. The van der Waals surface area contributed by atoms with Crippen LogP contribution < -0.4 is 9.47 Å². The second-order valence-electron chi connectivity index (χ2n) is 4.78. The molecule has 6 heteroatoms. The van der Waals surface area contributed by atoms with Crippen LogP contribution in [0, 0.1) is 12.7 Å². The van der Waals surface area contributed by atoms with Crippen molar-refractivity contribution in [3.05, 3.63) is 72.1 Å². The normalized spacial score (nSPS) is 9.92. The fourth-order valence-corrected chi connectivity index (χ4v) is 1.75. The molecule has 124 valence electrons. The highest BCUT2D eigenvalue weighted by Crippen LogP contribution is 2.20. The number of carbonyl (C=O) groups is 2. The van der Waals surface area contributed by atoms with Gasteiger partial charge in [0.25, 0.3) is 0 Å². The Hall–Kier alpha value is -3.15. The highest BCUT2D eigenvalue weighted by atomic mass is 19.1. The van der Waals surface area contributed by atoms with E-state index in [-0.39, 0.29) is 18.1 Å². The van der Waals surface area contributed by atoms with Crippen LogP contribution in [0.5, 0.6) is 11.5 Å². The van der Waals surface area contributed by atoms with Crippen LogP contribution in [0.15, 0.2) is 55.1 Å². The van der Waals surface area contributed by atoms with Crippen molar-refractivity contribution in [3.8, 4) is 11.5 Å². The van der Waals surface area contributed by atoms with Gasteiger partial charge in [-0.1, -0.05) is 12.6 Å². The summed E-state index contributed by atoms with van der Waals surface area (Å²) in [6.07, 6.45) is 1.02. The van der Waals surface area contributed by atoms with Crippen LogP contribution in [0.25, 0.3) is 0 Å². The van der Waals surface area contributed by atoms with Crippen LogP contribution in [0.3, 0.4) is 0 Å². The lowest BCUT2D eigenvalue weighted by atomic mass is 10.2. The van der Waals surface area contributed by atoms with Crippen molar-refractivity contribution in [1.82, 2.24) is 0 Å². The molecular formula is C18H15FO5. The van der Waals surface area contributed by atoms with E-state index in [9.17, 15) is 14.0 Å². The standard InChI is InChI=1S/C18H15FO5/c1-3-17(20)23-11-22-14-7-5-13(6-8-14)18(21)24-16-9-4-12(2)10-15(16)19/h3-10H,1,11H2,2H3. The van der Waals surface area contributed by atoms with E-state index in [1.807, 2.05) is 0 Å². The van der Waals surface area contributed by atoms with E-state index in [4.69, 9.17) is 9.47 Å². The Labute approximate surface area is 138 Å². The topological polar surface area (TPSA) is 61.8 Å². The Kier molecular flexibility index (Phi) is 5.68. The molecule has 0 spiro atoms. The SMILES string of the molecule is C=CC(=O)OCOc1ccc(C(=O)Oc2ccc(C)cc2F)cc1. The second-order valence-corrected chi connectivity index (χ2v) is 4.78. The summed E-state index contributed by atoms with van der Waals surface area (Å²) in [4.78, 5) is 22.9. The third-order valence-electron chi connectivity index (χ3n) is 2.97. The Balaban J connectivity index is 1.95. The van der Waals surface area contributed by atoms with Crippen LogP contribution in [0.2, 0.25) is 0 Å². The first-order valence-corrected chi connectivity index (χ1v) is 7.00. The molecular weight excluding hydrogens is 315 g/mol. The molecule has 2 aromatic carbocycles. The first-order chi connectivity index (χ1) is 11.5. The molecule has 0 aromatic heterocycles. The smallest absolute Gasteiger partial charge is 0.343 e. The zero-order valence-corrected chi connectivity index (χ0v) is 13.0. The number of halogens is 1. The van der Waals surface area contributed by atoms with E-state index in [0.717, 1.165) is 11.6 Å². The average molecular weight is 330 g/mol. The van der Waals surface area contributed by atoms with Crippen molar-refractivity contribution >= 4 is 11.9 Å². The van der Waals surface area contributed by atoms with Gasteiger partial charge in [0.2, 0.25) is 6.79 Å². The summed E-state index contributed by atoms with van der Waals surface area (Å²) in [5.41, 5.74) is 0.955. The van der Waals surface area contributed by atoms with E-state index in [1.165, 1.54) is 36.4 Å². The molecule has 0 aliphatic heterocycles. The van der Waals surface area contributed by atoms with Gasteiger partial charge in [-0.25, -0.2) is 14.0 Å². The summed E-state index contributed by atoms with van der Waals surface area (Å²) >= 11 is 0. The van der Waals surface area contributed by atoms with Gasteiger partial charge in [0.05, 0.1) is 5.56 Å². The van der Waals surface area contributed by atoms with E-state index >= 15 is 0 Å². The van der Waals surface area contributed by atoms with E-state index in [1.54, 1.807) is 13.0 Å². The molecule has 0 fully saturated rings. The maximum absolute atomic E-state index is 13.7. The van der Waals surface area contributed by atoms with Crippen molar-refractivity contribution < 1.29 is 28.2 Å². The van der Waals surface area contributed by atoms with Crippen molar-refractivity contribution in [2.24, 2.45) is 0 Å². The van der Waals surface area contributed by atoms with Gasteiger partial charge in [-0.15, -0.1) is 0 Å². The molecule has 0 amide bonds. The fraction of sp³-hybridized carbons (Fsp3) is 0.111. The quantitative estimate of drug-likeness (QED) is 0.351. The molecule has 2 aromatic rings. The number of hydrogen-bond donors (Lipinski definition) is 0. The zero-order chi connectivity index (χ0) is 17.5. The van der Waals surface area contributed by atoms with E-state index in [0.29, 0.717) is 5.75 Å². The number of benzene rings is 2. The molecule has 0 bridgehead atoms. The molecule has 0 heterocycles. The summed E-state index contributed by atoms with van der Waals surface area (Å²) in [6, 6.07) is 10.2. The molecule has 5 nitrogen and oxygen atoms in total. The van der Waals surface area contributed by atoms with Crippen LogP contribution >= 0.6 is 0 Å². The second kappa shape index (κ2) is 7.92. The molecule has 24 heavy (non-hydrogen) atoms. The maximum Gasteiger partial charge on any atom is 0.343 e. The Morgan fingerprint density at radius 3 is 2.50 bits per heavy atom. The molecule has 0 N–H and O–H groups in total. The highest BCUT2D eigenvalue weighted by Gasteiger charge is 2.12. The lowest BCUT2D eigenvalue weighted by Crippen LogP contribution is -2.10. The highest BCUT2D eigenvalue weighted by molar-refractivity contribution is 5.91. The van der Waals surface area contributed by atoms with Gasteiger partial charge in [-0.2, -0.15) is 0 Å². The van der Waals surface area contributed by atoms with E-state index in [2.05, 4.69) is 11.3 Å². The van der Waals surface area contributed by atoms with Gasteiger partial charge in [-0.05, 0) is 48.9 Å². The third kappa shape index (κ3) is 4.67. The molecule has 2 rings (SSSR count). The van der Waals surface area contributed by atoms with Crippen LogP contribution in [-0.4, -0.2) is 18.7 Å². The van der Waals surface area contributed by atoms with Crippen molar-refractivity contribution in [2.45, 2.75) is 6.92 Å². The Bertz CT molecular complexity index is 753. The number of aryl methyl sites for hydroxylation is 1. The molecule has 0 saturated heterocycles. The number of hydrogen-bond acceptors (Lipinski definition) is 5. The molecule has 0 aliphatic carbocycles. The van der Waals surface area contributed by atoms with Crippen LogP contribution in [-0.2, 0) is 9.53 Å². The minimum absolute atomic E-state index is 0.137. The summed E-state index contributed by atoms with van der Waals surface area (Å²) in [6.45, 7) is 4.72. The summed E-state index contributed by atoms with van der Waals surface area (Å²) in [5.74, 6) is -1.64. The van der Waals surface area contributed by atoms with Gasteiger partial charge in [0.1, 0.15) is 5.75 Å². The lowest BCUT2D eigenvalue weighted by Gasteiger charge is -2.08. The molecule has 0 unspecified atom stereocenters. The largest absolute Gasteiger partial charge is 0.457 e. The van der Waals surface area contributed by atoms with Crippen molar-refractivity contribution in [1.29, 1.82) is 0 Å². The monoisotopic (exact) mass is 330 g/mol. The first-order valence-electron chi connectivity index (χ1n) is 7.00. The van der Waals surface area contributed by atoms with Gasteiger partial charge >= 0.3 is 11.9 Å². The molecule has 0 atom stereocenters. The lowest BCUT2D eigenvalue weighted by molar-refractivity contribution is -0.144. The average Bonchev–Trinajstić information content (AvgIpc) is 2.57. The Morgan fingerprint density at radius 1 is 1.17 bits per heavy atom. The third-order valence-corrected chi connectivity index (χ3v) is 2.97. The predicted octanol–water partition coefficient (Wildman–Crippen LogP) is 3.42. The maximum atomic E-state index is 13.7. The zero-order valence-electron chi connectivity index (χ0n) is 13.0. The minimum Gasteiger partial charge on any atom is -0.457 e.